The predicted octanol–water partition coefficient (Wildman–Crippen LogP) is 3.68. The molecule has 1 saturated heterocycles. The highest BCUT2D eigenvalue weighted by Gasteiger charge is 2.24. The molecule has 1 aliphatic heterocycles. The Morgan fingerprint density at radius 2 is 2.22 bits per heavy atom. The first kappa shape index (κ1) is 17.3. The standard InChI is InChI=1S/C19H27N3O/c1-5-8-22-15(3)10-17(16(22)4)11-18(12-20)19(23)21-9-6-7-14(2)13-21/h10-11,14H,5-9,13H2,1-4H3. The molecule has 0 saturated carbocycles. The van der Waals surface area contributed by atoms with E-state index in [0.29, 0.717) is 5.92 Å². The highest BCUT2D eigenvalue weighted by molar-refractivity contribution is 6.01. The number of carbonyl (C=O) groups is 1. The van der Waals surface area contributed by atoms with Gasteiger partial charge in [0.05, 0.1) is 0 Å². The van der Waals surface area contributed by atoms with Crippen molar-refractivity contribution in [3.63, 3.8) is 0 Å². The Hall–Kier alpha value is -2.02. The third-order valence-corrected chi connectivity index (χ3v) is 4.65. The molecule has 1 atom stereocenters. The third kappa shape index (κ3) is 3.85. The molecule has 1 fully saturated rings. The van der Waals surface area contributed by atoms with E-state index >= 15 is 0 Å². The van der Waals surface area contributed by atoms with Gasteiger partial charge in [-0.15, -0.1) is 0 Å². The molecule has 0 aliphatic carbocycles. The number of aryl methyl sites for hydroxylation is 1. The number of piperidine rings is 1. The summed E-state index contributed by atoms with van der Waals surface area (Å²) < 4.78 is 2.24. The van der Waals surface area contributed by atoms with Gasteiger partial charge in [0, 0.05) is 31.0 Å². The lowest BCUT2D eigenvalue weighted by atomic mass is 9.99. The fraction of sp³-hybridized carbons (Fsp3) is 0.579. The molecule has 0 N–H and O–H groups in total. The van der Waals surface area contributed by atoms with Gasteiger partial charge < -0.3 is 9.47 Å². The Morgan fingerprint density at radius 1 is 1.48 bits per heavy atom. The molecular formula is C19H27N3O. The topological polar surface area (TPSA) is 49.0 Å². The van der Waals surface area contributed by atoms with Crippen LogP contribution in [0.2, 0.25) is 0 Å². The van der Waals surface area contributed by atoms with Crippen molar-refractivity contribution in [2.75, 3.05) is 13.1 Å². The van der Waals surface area contributed by atoms with Gasteiger partial charge in [-0.3, -0.25) is 4.79 Å². The fourth-order valence-corrected chi connectivity index (χ4v) is 3.38. The maximum atomic E-state index is 12.6. The van der Waals surface area contributed by atoms with Crippen molar-refractivity contribution in [3.8, 4) is 6.07 Å². The minimum absolute atomic E-state index is 0.126. The van der Waals surface area contributed by atoms with Crippen molar-refractivity contribution in [1.29, 1.82) is 5.26 Å². The van der Waals surface area contributed by atoms with Crippen LogP contribution in [-0.2, 0) is 11.3 Å². The number of aromatic nitrogens is 1. The van der Waals surface area contributed by atoms with Crippen LogP contribution in [0.3, 0.4) is 0 Å². The first-order valence-corrected chi connectivity index (χ1v) is 8.55. The molecular weight excluding hydrogens is 286 g/mol. The fourth-order valence-electron chi connectivity index (χ4n) is 3.38. The molecule has 23 heavy (non-hydrogen) atoms. The van der Waals surface area contributed by atoms with Gasteiger partial charge in [-0.25, -0.2) is 0 Å². The Bertz CT molecular complexity index is 648. The zero-order valence-corrected chi connectivity index (χ0v) is 14.7. The van der Waals surface area contributed by atoms with Crippen LogP contribution in [0.1, 0.15) is 50.1 Å². The van der Waals surface area contributed by atoms with Gasteiger partial charge in [-0.05, 0) is 56.7 Å². The quantitative estimate of drug-likeness (QED) is 0.629. The number of nitrogens with zero attached hydrogens (tertiary/aromatic N) is 3. The van der Waals surface area contributed by atoms with Gasteiger partial charge in [0.15, 0.2) is 0 Å². The second-order valence-electron chi connectivity index (χ2n) is 6.65. The lowest BCUT2D eigenvalue weighted by Gasteiger charge is -2.30. The number of nitriles is 1. The number of amides is 1. The molecule has 0 bridgehead atoms. The van der Waals surface area contributed by atoms with Crippen molar-refractivity contribution in [2.24, 2.45) is 5.92 Å². The van der Waals surface area contributed by atoms with E-state index < -0.39 is 0 Å². The van der Waals surface area contributed by atoms with Crippen LogP contribution in [0, 0.1) is 31.1 Å². The molecule has 4 nitrogen and oxygen atoms in total. The number of carbonyl (C=O) groups excluding carboxylic acids is 1. The summed E-state index contributed by atoms with van der Waals surface area (Å²) in [6, 6.07) is 4.17. The molecule has 1 amide bonds. The van der Waals surface area contributed by atoms with E-state index in [1.807, 2.05) is 4.90 Å². The molecule has 2 rings (SSSR count). The maximum absolute atomic E-state index is 12.6. The van der Waals surface area contributed by atoms with Crippen LogP contribution in [0.15, 0.2) is 11.6 Å². The molecule has 0 spiro atoms. The summed E-state index contributed by atoms with van der Waals surface area (Å²) in [5, 5.41) is 9.45. The van der Waals surface area contributed by atoms with E-state index in [1.165, 1.54) is 5.69 Å². The number of likely N-dealkylation sites (tertiary alicyclic amines) is 1. The molecule has 1 aromatic rings. The predicted molar refractivity (Wildman–Crippen MR) is 92.8 cm³/mol. The van der Waals surface area contributed by atoms with Gasteiger partial charge in [0.2, 0.25) is 0 Å². The monoisotopic (exact) mass is 313 g/mol. The average Bonchev–Trinajstić information content (AvgIpc) is 2.80. The summed E-state index contributed by atoms with van der Waals surface area (Å²) in [5.41, 5.74) is 3.52. The van der Waals surface area contributed by atoms with Crippen molar-refractivity contribution in [2.45, 2.75) is 53.5 Å². The Balaban J connectivity index is 2.27. The lowest BCUT2D eigenvalue weighted by molar-refractivity contribution is -0.128. The highest BCUT2D eigenvalue weighted by Crippen LogP contribution is 2.21. The highest BCUT2D eigenvalue weighted by atomic mass is 16.2. The Labute approximate surface area is 139 Å². The van der Waals surface area contributed by atoms with E-state index in [-0.39, 0.29) is 11.5 Å². The second kappa shape index (κ2) is 7.50. The van der Waals surface area contributed by atoms with Crippen molar-refractivity contribution < 1.29 is 4.79 Å². The van der Waals surface area contributed by atoms with Crippen molar-refractivity contribution in [3.05, 3.63) is 28.6 Å². The van der Waals surface area contributed by atoms with Gasteiger partial charge in [0.1, 0.15) is 11.6 Å². The molecule has 2 heterocycles. The number of hydrogen-bond acceptors (Lipinski definition) is 2. The molecule has 1 unspecified atom stereocenters. The summed E-state index contributed by atoms with van der Waals surface area (Å²) in [6.45, 7) is 10.9. The average molecular weight is 313 g/mol. The summed E-state index contributed by atoms with van der Waals surface area (Å²) in [7, 11) is 0. The largest absolute Gasteiger partial charge is 0.349 e. The van der Waals surface area contributed by atoms with Crippen molar-refractivity contribution >= 4 is 12.0 Å². The first-order chi connectivity index (χ1) is 11.0. The molecule has 0 aromatic carbocycles. The van der Waals surface area contributed by atoms with Crippen LogP contribution in [0.25, 0.3) is 6.08 Å². The molecule has 0 radical (unpaired) electrons. The van der Waals surface area contributed by atoms with Gasteiger partial charge in [-0.2, -0.15) is 5.26 Å². The summed E-state index contributed by atoms with van der Waals surface area (Å²) in [6.07, 6.45) is 5.01. The molecule has 124 valence electrons. The van der Waals surface area contributed by atoms with Gasteiger partial charge in [0.25, 0.3) is 5.91 Å². The second-order valence-corrected chi connectivity index (χ2v) is 6.65. The minimum Gasteiger partial charge on any atom is -0.349 e. The van der Waals surface area contributed by atoms with Crippen LogP contribution in [0.5, 0.6) is 0 Å². The van der Waals surface area contributed by atoms with Crippen LogP contribution in [0.4, 0.5) is 0 Å². The smallest absolute Gasteiger partial charge is 0.264 e. The van der Waals surface area contributed by atoms with E-state index in [9.17, 15) is 10.1 Å². The number of rotatable bonds is 4. The third-order valence-electron chi connectivity index (χ3n) is 4.65. The van der Waals surface area contributed by atoms with Gasteiger partial charge >= 0.3 is 0 Å². The summed E-state index contributed by atoms with van der Waals surface area (Å²) in [5.74, 6) is 0.390. The van der Waals surface area contributed by atoms with E-state index in [4.69, 9.17) is 0 Å². The molecule has 1 aromatic heterocycles. The zero-order chi connectivity index (χ0) is 17.0. The van der Waals surface area contributed by atoms with E-state index in [1.54, 1.807) is 6.08 Å². The summed E-state index contributed by atoms with van der Waals surface area (Å²) in [4.78, 5) is 14.5. The van der Waals surface area contributed by atoms with Crippen LogP contribution in [-0.4, -0.2) is 28.5 Å². The lowest BCUT2D eigenvalue weighted by Crippen LogP contribution is -2.39. The van der Waals surface area contributed by atoms with Crippen LogP contribution < -0.4 is 0 Å². The maximum Gasteiger partial charge on any atom is 0.264 e. The Morgan fingerprint density at radius 3 is 2.83 bits per heavy atom. The first-order valence-electron chi connectivity index (χ1n) is 8.55. The number of hydrogen-bond donors (Lipinski definition) is 0. The van der Waals surface area contributed by atoms with E-state index in [0.717, 1.165) is 50.2 Å². The van der Waals surface area contributed by atoms with Gasteiger partial charge in [-0.1, -0.05) is 13.8 Å². The Kier molecular flexibility index (Phi) is 5.65. The SMILES string of the molecule is CCCn1c(C)cc(C=C(C#N)C(=O)N2CCCC(C)C2)c1C. The van der Waals surface area contributed by atoms with Crippen LogP contribution >= 0.6 is 0 Å². The zero-order valence-electron chi connectivity index (χ0n) is 14.7. The van der Waals surface area contributed by atoms with E-state index in [2.05, 4.69) is 44.4 Å². The minimum atomic E-state index is -0.126. The molecule has 4 heteroatoms. The normalized spacial score (nSPS) is 18.8. The van der Waals surface area contributed by atoms with Crippen molar-refractivity contribution in [1.82, 2.24) is 9.47 Å². The molecule has 1 aliphatic rings. The summed E-state index contributed by atoms with van der Waals surface area (Å²) >= 11 is 0.